The van der Waals surface area contributed by atoms with Crippen LogP contribution in [-0.4, -0.2) is 45.5 Å². The van der Waals surface area contributed by atoms with Gasteiger partial charge >= 0.3 is 5.97 Å². The number of nitrogens with zero attached hydrogens (tertiary/aromatic N) is 1. The molecular weight excluding hydrogens is 376 g/mol. The Balaban J connectivity index is 1.68. The average molecular weight is 398 g/mol. The van der Waals surface area contributed by atoms with E-state index in [0.29, 0.717) is 34.2 Å². The molecule has 0 unspecified atom stereocenters. The molecular formula is C21H22N2O6. The maximum absolute atomic E-state index is 12.7. The summed E-state index contributed by atoms with van der Waals surface area (Å²) < 4.78 is 28.1. The molecule has 0 radical (unpaired) electrons. The van der Waals surface area contributed by atoms with Crippen LogP contribution in [0.3, 0.4) is 0 Å². The number of esters is 1. The second-order valence-electron chi connectivity index (χ2n) is 7.36. The Morgan fingerprint density at radius 2 is 2.03 bits per heavy atom. The lowest BCUT2D eigenvalue weighted by Crippen LogP contribution is -2.36. The van der Waals surface area contributed by atoms with Crippen molar-refractivity contribution in [3.05, 3.63) is 40.5 Å². The molecule has 5 rings (SSSR count). The van der Waals surface area contributed by atoms with Crippen molar-refractivity contribution in [1.82, 2.24) is 4.90 Å². The third kappa shape index (κ3) is 2.45. The largest absolute Gasteiger partial charge is 0.495 e. The maximum atomic E-state index is 12.7. The number of fused-ring (bicyclic) bond motifs is 3. The highest BCUT2D eigenvalue weighted by Crippen LogP contribution is 2.54. The zero-order valence-electron chi connectivity index (χ0n) is 16.5. The number of carbonyl (C=O) groups is 1. The molecule has 2 atom stereocenters. The second kappa shape index (κ2) is 6.45. The van der Waals surface area contributed by atoms with E-state index in [1.54, 1.807) is 13.2 Å². The lowest BCUT2D eigenvalue weighted by Gasteiger charge is -2.38. The Hall–Kier alpha value is -3.13. The Bertz CT molecular complexity index is 1020. The van der Waals surface area contributed by atoms with Crippen molar-refractivity contribution in [2.24, 2.45) is 0 Å². The van der Waals surface area contributed by atoms with Crippen LogP contribution in [0.4, 0.5) is 5.69 Å². The molecule has 152 valence electrons. The van der Waals surface area contributed by atoms with E-state index < -0.39 is 12.1 Å². The van der Waals surface area contributed by atoms with Gasteiger partial charge in [0.05, 0.1) is 31.5 Å². The smallest absolute Gasteiger partial charge is 0.341 e. The molecule has 0 aromatic heterocycles. The minimum Gasteiger partial charge on any atom is -0.495 e. The summed E-state index contributed by atoms with van der Waals surface area (Å²) in [5.74, 6) is 1.91. The maximum Gasteiger partial charge on any atom is 0.341 e. The van der Waals surface area contributed by atoms with Crippen LogP contribution in [0.25, 0.3) is 0 Å². The van der Waals surface area contributed by atoms with E-state index in [1.165, 1.54) is 7.11 Å². The summed E-state index contributed by atoms with van der Waals surface area (Å²) in [5.41, 5.74) is 9.65. The lowest BCUT2D eigenvalue weighted by molar-refractivity contribution is 0.00885. The van der Waals surface area contributed by atoms with E-state index in [1.807, 2.05) is 19.2 Å². The first-order valence-corrected chi connectivity index (χ1v) is 9.42. The molecule has 3 aliphatic rings. The highest BCUT2D eigenvalue weighted by atomic mass is 16.7. The summed E-state index contributed by atoms with van der Waals surface area (Å²) in [6, 6.07) is 5.37. The van der Waals surface area contributed by atoms with Crippen LogP contribution in [0.1, 0.15) is 39.2 Å². The van der Waals surface area contributed by atoms with Crippen molar-refractivity contribution in [3.8, 4) is 23.0 Å². The summed E-state index contributed by atoms with van der Waals surface area (Å²) in [5, 5.41) is 0. The van der Waals surface area contributed by atoms with E-state index in [9.17, 15) is 4.79 Å². The number of rotatable bonds is 3. The van der Waals surface area contributed by atoms with Crippen molar-refractivity contribution < 1.29 is 28.5 Å². The number of hydrogen-bond acceptors (Lipinski definition) is 8. The minimum atomic E-state index is -0.524. The molecule has 0 saturated heterocycles. The Labute approximate surface area is 168 Å². The molecule has 2 aromatic carbocycles. The quantitative estimate of drug-likeness (QED) is 0.623. The average Bonchev–Trinajstić information content (AvgIpc) is 3.31. The monoisotopic (exact) mass is 398 g/mol. The molecule has 29 heavy (non-hydrogen) atoms. The number of hydrogen-bond donors (Lipinski definition) is 1. The third-order valence-corrected chi connectivity index (χ3v) is 5.94. The summed E-state index contributed by atoms with van der Waals surface area (Å²) in [7, 11) is 5.14. The zero-order valence-corrected chi connectivity index (χ0v) is 16.5. The number of methoxy groups -OCH3 is 2. The molecule has 0 spiro atoms. The van der Waals surface area contributed by atoms with Gasteiger partial charge in [-0.05, 0) is 31.2 Å². The number of nitrogens with two attached hydrogens (primary N) is 1. The van der Waals surface area contributed by atoms with Gasteiger partial charge in [0, 0.05) is 17.7 Å². The van der Waals surface area contributed by atoms with Gasteiger partial charge in [-0.3, -0.25) is 4.90 Å². The van der Waals surface area contributed by atoms with Crippen LogP contribution in [-0.2, 0) is 11.2 Å². The molecule has 8 nitrogen and oxygen atoms in total. The summed E-state index contributed by atoms with van der Waals surface area (Å²) >= 11 is 0. The van der Waals surface area contributed by atoms with Crippen LogP contribution in [0.2, 0.25) is 0 Å². The fourth-order valence-corrected chi connectivity index (χ4v) is 4.58. The number of nitrogen functional groups attached to an aromatic ring is 1. The van der Waals surface area contributed by atoms with Crippen molar-refractivity contribution in [1.29, 1.82) is 0 Å². The fraction of sp³-hybridized carbons (Fsp3) is 0.381. The first-order valence-electron chi connectivity index (χ1n) is 9.42. The Morgan fingerprint density at radius 3 is 2.79 bits per heavy atom. The SMILES string of the molecule is COc1ccc2c(c1N)C(=O)O[C@@H]2[C@H]1c2c(cc3c(c2OC)OCO3)CCN1C. The molecule has 3 aliphatic heterocycles. The van der Waals surface area contributed by atoms with E-state index in [-0.39, 0.29) is 12.8 Å². The van der Waals surface area contributed by atoms with Crippen LogP contribution >= 0.6 is 0 Å². The standard InChI is InChI=1S/C21H22N2O6/c1-23-7-6-10-8-13-19(28-9-27-13)20(26-3)14(10)17(23)18-11-4-5-12(25-2)16(22)15(11)21(24)29-18/h4-5,8,17-18H,6-7,9,22H2,1-3H3/t17-,18+/m1/s1. The van der Waals surface area contributed by atoms with Gasteiger partial charge in [0.15, 0.2) is 11.5 Å². The normalized spacial score (nSPS) is 22.1. The molecule has 0 amide bonds. The molecule has 0 bridgehead atoms. The molecule has 2 aromatic rings. The molecule has 0 aliphatic carbocycles. The predicted octanol–water partition coefficient (Wildman–Crippen LogP) is 2.46. The number of anilines is 1. The summed E-state index contributed by atoms with van der Waals surface area (Å²) in [6.07, 6.45) is 0.303. The molecule has 0 fully saturated rings. The van der Waals surface area contributed by atoms with E-state index in [4.69, 9.17) is 29.4 Å². The topological polar surface area (TPSA) is 92.5 Å². The number of cyclic esters (lactones) is 1. The first-order chi connectivity index (χ1) is 14.0. The van der Waals surface area contributed by atoms with Gasteiger partial charge in [0.2, 0.25) is 12.5 Å². The lowest BCUT2D eigenvalue weighted by atomic mass is 9.85. The predicted molar refractivity (Wildman–Crippen MR) is 104 cm³/mol. The highest BCUT2D eigenvalue weighted by Gasteiger charge is 2.45. The van der Waals surface area contributed by atoms with Gasteiger partial charge < -0.3 is 29.4 Å². The number of ether oxygens (including phenoxy) is 5. The summed E-state index contributed by atoms with van der Waals surface area (Å²) in [4.78, 5) is 14.9. The van der Waals surface area contributed by atoms with E-state index in [0.717, 1.165) is 29.7 Å². The van der Waals surface area contributed by atoms with Gasteiger partial charge in [-0.25, -0.2) is 4.79 Å². The van der Waals surface area contributed by atoms with Gasteiger partial charge in [-0.1, -0.05) is 6.07 Å². The Morgan fingerprint density at radius 1 is 1.21 bits per heavy atom. The van der Waals surface area contributed by atoms with Crippen molar-refractivity contribution in [2.75, 3.05) is 40.3 Å². The first kappa shape index (κ1) is 17.9. The molecule has 8 heteroatoms. The summed E-state index contributed by atoms with van der Waals surface area (Å²) in [6.45, 7) is 0.960. The Kier molecular flexibility index (Phi) is 3.99. The number of carbonyl (C=O) groups excluding carboxylic acids is 1. The van der Waals surface area contributed by atoms with Crippen molar-refractivity contribution in [2.45, 2.75) is 18.6 Å². The molecule has 3 heterocycles. The second-order valence-corrected chi connectivity index (χ2v) is 7.36. The van der Waals surface area contributed by atoms with Gasteiger partial charge in [-0.15, -0.1) is 0 Å². The van der Waals surface area contributed by atoms with E-state index >= 15 is 0 Å². The highest BCUT2D eigenvalue weighted by molar-refractivity contribution is 6.01. The molecule has 0 saturated carbocycles. The van der Waals surface area contributed by atoms with Gasteiger partial charge in [0.1, 0.15) is 11.9 Å². The van der Waals surface area contributed by atoms with Gasteiger partial charge in [0.25, 0.3) is 0 Å². The zero-order chi connectivity index (χ0) is 20.3. The number of likely N-dealkylation sites (N-methyl/N-ethyl adjacent to an activating group) is 1. The van der Waals surface area contributed by atoms with Crippen LogP contribution in [0.5, 0.6) is 23.0 Å². The third-order valence-electron chi connectivity index (χ3n) is 5.94. The van der Waals surface area contributed by atoms with Crippen molar-refractivity contribution >= 4 is 11.7 Å². The van der Waals surface area contributed by atoms with E-state index in [2.05, 4.69) is 4.90 Å². The van der Waals surface area contributed by atoms with Crippen LogP contribution in [0, 0.1) is 0 Å². The van der Waals surface area contributed by atoms with Gasteiger partial charge in [-0.2, -0.15) is 0 Å². The fourth-order valence-electron chi connectivity index (χ4n) is 4.58. The molecule has 2 N–H and O–H groups in total. The van der Waals surface area contributed by atoms with Crippen LogP contribution < -0.4 is 24.7 Å². The van der Waals surface area contributed by atoms with Crippen LogP contribution in [0.15, 0.2) is 18.2 Å². The number of benzene rings is 2. The minimum absolute atomic E-state index is 0.159. The van der Waals surface area contributed by atoms with Crippen molar-refractivity contribution in [3.63, 3.8) is 0 Å².